The lowest BCUT2D eigenvalue weighted by atomic mass is 10.2. The zero-order valence-corrected chi connectivity index (χ0v) is 15.9. The smallest absolute Gasteiger partial charge is 0.238 e. The number of primary sulfonamides is 1. The molecule has 2 N–H and O–H groups in total. The molecule has 0 saturated carbocycles. The summed E-state index contributed by atoms with van der Waals surface area (Å²) in [6, 6.07) is 4.82. The van der Waals surface area contributed by atoms with Crippen LogP contribution in [0.2, 0.25) is 0 Å². The monoisotopic (exact) mass is 369 g/mol. The van der Waals surface area contributed by atoms with Crippen LogP contribution in [0.1, 0.15) is 32.3 Å². The number of methoxy groups -OCH3 is 1. The highest BCUT2D eigenvalue weighted by Crippen LogP contribution is 2.24. The lowest BCUT2D eigenvalue weighted by Gasteiger charge is -2.21. The van der Waals surface area contributed by atoms with Gasteiger partial charge in [0.1, 0.15) is 5.75 Å². The van der Waals surface area contributed by atoms with Gasteiger partial charge in [0.25, 0.3) is 0 Å². The van der Waals surface area contributed by atoms with E-state index in [2.05, 4.69) is 16.8 Å². The number of likely N-dealkylation sites (tertiary alicyclic amines) is 1. The van der Waals surface area contributed by atoms with Crippen LogP contribution in [0.5, 0.6) is 5.75 Å². The topological polar surface area (TPSA) is 94.2 Å². The van der Waals surface area contributed by atoms with E-state index in [4.69, 9.17) is 14.6 Å². The van der Waals surface area contributed by atoms with E-state index in [0.717, 1.165) is 19.5 Å². The van der Waals surface area contributed by atoms with Crippen molar-refractivity contribution < 1.29 is 17.9 Å². The first-order valence-electron chi connectivity index (χ1n) is 8.53. The molecule has 0 spiro atoms. The van der Waals surface area contributed by atoms with Gasteiger partial charge in [-0.15, -0.1) is 0 Å². The summed E-state index contributed by atoms with van der Waals surface area (Å²) < 4.78 is 34.4. The molecule has 1 unspecified atom stereocenters. The number of nitrogens with two attached hydrogens (primary N) is 1. The number of likely N-dealkylation sites (N-methyl/N-ethyl adjacent to an activating group) is 1. The van der Waals surface area contributed by atoms with Crippen molar-refractivity contribution in [2.45, 2.75) is 37.6 Å². The number of aliphatic imine (C=N–C) groups is 1. The lowest BCUT2D eigenvalue weighted by molar-refractivity contribution is 0.269. The van der Waals surface area contributed by atoms with E-state index in [-0.39, 0.29) is 4.90 Å². The highest BCUT2D eigenvalue weighted by atomic mass is 32.2. The highest BCUT2D eigenvalue weighted by molar-refractivity contribution is 7.89. The Morgan fingerprint density at radius 3 is 2.76 bits per heavy atom. The van der Waals surface area contributed by atoms with Gasteiger partial charge in [-0.3, -0.25) is 4.90 Å². The number of hydrogen-bond acceptors (Lipinski definition) is 6. The van der Waals surface area contributed by atoms with Crippen LogP contribution in [-0.4, -0.2) is 58.6 Å². The third-order valence-corrected chi connectivity index (χ3v) is 5.27. The molecule has 1 aromatic carbocycles. The minimum Gasteiger partial charge on any atom is -0.496 e. The van der Waals surface area contributed by atoms with Crippen LogP contribution in [0.25, 0.3) is 0 Å². The fraction of sp³-hybridized carbons (Fsp3) is 0.588. The molecule has 25 heavy (non-hydrogen) atoms. The van der Waals surface area contributed by atoms with Crippen molar-refractivity contribution in [1.29, 1.82) is 0 Å². The molecule has 0 radical (unpaired) electrons. The predicted molar refractivity (Wildman–Crippen MR) is 97.7 cm³/mol. The van der Waals surface area contributed by atoms with E-state index in [1.165, 1.54) is 25.7 Å². The van der Waals surface area contributed by atoms with Gasteiger partial charge in [-0.25, -0.2) is 18.5 Å². The zero-order valence-electron chi connectivity index (χ0n) is 15.1. The van der Waals surface area contributed by atoms with Crippen LogP contribution in [-0.2, 0) is 14.8 Å². The van der Waals surface area contributed by atoms with Crippen molar-refractivity contribution in [2.24, 2.45) is 10.1 Å². The second kappa shape index (κ2) is 8.64. The van der Waals surface area contributed by atoms with Gasteiger partial charge in [0.15, 0.2) is 0 Å². The highest BCUT2D eigenvalue weighted by Gasteiger charge is 2.23. The Morgan fingerprint density at radius 1 is 1.40 bits per heavy atom. The fourth-order valence-electron chi connectivity index (χ4n) is 3.08. The van der Waals surface area contributed by atoms with Crippen LogP contribution in [0.15, 0.2) is 28.1 Å². The zero-order chi connectivity index (χ0) is 18.4. The number of ether oxygens (including phenoxy) is 2. The van der Waals surface area contributed by atoms with Crippen LogP contribution in [0.4, 0.5) is 0 Å². The molecule has 0 aromatic heterocycles. The molecule has 1 aliphatic rings. The molecule has 7 nitrogen and oxygen atoms in total. The number of sulfonamides is 1. The standard InChI is InChI=1S/C17H27N3O4S/c1-4-20-10-6-7-13(20)12-19-17(24-5-2)15-11-14(25(18,21)22)8-9-16(15)23-3/h8-9,11,13H,4-7,10,12H2,1-3H3,(H2,18,21,22)/b19-17-. The molecule has 0 bridgehead atoms. The quantitative estimate of drug-likeness (QED) is 0.582. The average molecular weight is 369 g/mol. The summed E-state index contributed by atoms with van der Waals surface area (Å²) >= 11 is 0. The van der Waals surface area contributed by atoms with Crippen molar-refractivity contribution in [1.82, 2.24) is 4.90 Å². The molecule has 1 saturated heterocycles. The van der Waals surface area contributed by atoms with Gasteiger partial charge < -0.3 is 9.47 Å². The van der Waals surface area contributed by atoms with E-state index < -0.39 is 10.0 Å². The van der Waals surface area contributed by atoms with Crippen molar-refractivity contribution >= 4 is 15.9 Å². The van der Waals surface area contributed by atoms with Crippen LogP contribution in [0, 0.1) is 0 Å². The van der Waals surface area contributed by atoms with Gasteiger partial charge in [-0.2, -0.15) is 0 Å². The Labute approximate surface area is 149 Å². The Hall–Kier alpha value is -1.64. The van der Waals surface area contributed by atoms with Crippen LogP contribution < -0.4 is 9.88 Å². The average Bonchev–Trinajstić information content (AvgIpc) is 3.04. The molecule has 8 heteroatoms. The number of hydrogen-bond donors (Lipinski definition) is 1. The van der Waals surface area contributed by atoms with E-state index in [9.17, 15) is 8.42 Å². The van der Waals surface area contributed by atoms with Gasteiger partial charge >= 0.3 is 0 Å². The van der Waals surface area contributed by atoms with Gasteiger partial charge in [0, 0.05) is 6.04 Å². The molecule has 1 aliphatic heterocycles. The van der Waals surface area contributed by atoms with E-state index >= 15 is 0 Å². The second-order valence-corrected chi connectivity index (χ2v) is 7.47. The molecule has 140 valence electrons. The summed E-state index contributed by atoms with van der Waals surface area (Å²) in [6.45, 7) is 7.11. The third-order valence-electron chi connectivity index (χ3n) is 4.36. The number of benzene rings is 1. The van der Waals surface area contributed by atoms with Gasteiger partial charge in [0.05, 0.1) is 30.7 Å². The predicted octanol–water partition coefficient (Wildman–Crippen LogP) is 1.61. The summed E-state index contributed by atoms with van der Waals surface area (Å²) in [5.41, 5.74) is 0.497. The van der Waals surface area contributed by atoms with Crippen LogP contribution >= 0.6 is 0 Å². The van der Waals surface area contributed by atoms with Crippen molar-refractivity contribution in [3.63, 3.8) is 0 Å². The Bertz CT molecular complexity index is 719. The molecule has 2 rings (SSSR count). The second-order valence-electron chi connectivity index (χ2n) is 5.91. The maximum absolute atomic E-state index is 11.7. The molecular weight excluding hydrogens is 342 g/mol. The minimum atomic E-state index is -3.82. The summed E-state index contributed by atoms with van der Waals surface area (Å²) in [7, 11) is -2.29. The minimum absolute atomic E-state index is 0.00625. The molecule has 0 aliphatic carbocycles. The first-order chi connectivity index (χ1) is 11.9. The summed E-state index contributed by atoms with van der Waals surface area (Å²) in [5, 5.41) is 5.25. The van der Waals surface area contributed by atoms with Crippen molar-refractivity contribution in [3.8, 4) is 5.75 Å². The number of rotatable bonds is 7. The van der Waals surface area contributed by atoms with Crippen molar-refractivity contribution in [3.05, 3.63) is 23.8 Å². The molecule has 1 fully saturated rings. The third kappa shape index (κ3) is 4.93. The van der Waals surface area contributed by atoms with Crippen LogP contribution in [0.3, 0.4) is 0 Å². The molecule has 1 aromatic rings. The van der Waals surface area contributed by atoms with E-state index in [0.29, 0.717) is 36.4 Å². The summed E-state index contributed by atoms with van der Waals surface area (Å²) in [6.07, 6.45) is 2.27. The van der Waals surface area contributed by atoms with E-state index in [1.54, 1.807) is 6.07 Å². The molecular formula is C17H27N3O4S. The van der Waals surface area contributed by atoms with Gasteiger partial charge in [-0.05, 0) is 51.1 Å². The van der Waals surface area contributed by atoms with Crippen molar-refractivity contribution in [2.75, 3.05) is 33.4 Å². The first kappa shape index (κ1) is 19.7. The van der Waals surface area contributed by atoms with E-state index in [1.807, 2.05) is 6.92 Å². The first-order valence-corrected chi connectivity index (χ1v) is 10.1. The summed E-state index contributed by atoms with van der Waals surface area (Å²) in [4.78, 5) is 7.03. The molecule has 0 amide bonds. The Balaban J connectivity index is 2.36. The summed E-state index contributed by atoms with van der Waals surface area (Å²) in [5.74, 6) is 0.881. The number of nitrogens with zero attached hydrogens (tertiary/aromatic N) is 2. The SMILES string of the molecule is CCO/C(=N\CC1CCCN1CC)c1cc(S(N)(=O)=O)ccc1OC. The Morgan fingerprint density at radius 2 is 2.16 bits per heavy atom. The Kier molecular flexibility index (Phi) is 6.80. The molecule has 1 atom stereocenters. The maximum atomic E-state index is 11.7. The largest absolute Gasteiger partial charge is 0.496 e. The lowest BCUT2D eigenvalue weighted by Crippen LogP contribution is -2.31. The maximum Gasteiger partial charge on any atom is 0.238 e. The van der Waals surface area contributed by atoms with Gasteiger partial charge in [0.2, 0.25) is 15.9 Å². The fourth-order valence-corrected chi connectivity index (χ4v) is 3.62. The normalized spacial score (nSPS) is 19.2. The molecule has 1 heterocycles. The van der Waals surface area contributed by atoms with Gasteiger partial charge in [-0.1, -0.05) is 6.92 Å².